The van der Waals surface area contributed by atoms with Crippen LogP contribution >= 0.6 is 0 Å². The van der Waals surface area contributed by atoms with Crippen molar-refractivity contribution in [3.8, 4) is 0 Å². The lowest BCUT2D eigenvalue weighted by Crippen LogP contribution is -2.34. The zero-order valence-corrected chi connectivity index (χ0v) is 17.2. The standard InChI is InChI=1S/C23H31N5O/c1-17-2-4-19(5-3-17)15-24-23(29)9-6-18-10-12-28(13-11-18)22-14-21(25-16-26-22)27-20-7-8-20/h2-5,14,16,18,20H,6-13,15H2,1H3,(H,24,29)(H,25,26,27). The Morgan fingerprint density at radius 3 is 2.59 bits per heavy atom. The molecule has 2 aromatic rings. The molecule has 1 aromatic heterocycles. The minimum Gasteiger partial charge on any atom is -0.367 e. The lowest BCUT2D eigenvalue weighted by atomic mass is 9.92. The van der Waals surface area contributed by atoms with Gasteiger partial charge in [0.25, 0.3) is 0 Å². The van der Waals surface area contributed by atoms with Gasteiger partial charge < -0.3 is 15.5 Å². The van der Waals surface area contributed by atoms with Gasteiger partial charge in [0.2, 0.25) is 5.91 Å². The smallest absolute Gasteiger partial charge is 0.220 e. The summed E-state index contributed by atoms with van der Waals surface area (Å²) in [6, 6.07) is 11.0. The van der Waals surface area contributed by atoms with Crippen LogP contribution in [0.5, 0.6) is 0 Å². The molecular formula is C23H31N5O. The van der Waals surface area contributed by atoms with E-state index in [9.17, 15) is 4.79 Å². The number of amides is 1. The third kappa shape index (κ3) is 5.92. The van der Waals surface area contributed by atoms with Crippen LogP contribution in [-0.2, 0) is 11.3 Å². The Balaban J connectivity index is 1.17. The van der Waals surface area contributed by atoms with E-state index in [1.807, 2.05) is 0 Å². The van der Waals surface area contributed by atoms with Gasteiger partial charge in [-0.15, -0.1) is 0 Å². The zero-order valence-electron chi connectivity index (χ0n) is 17.2. The van der Waals surface area contributed by atoms with Gasteiger partial charge in [-0.1, -0.05) is 29.8 Å². The molecule has 6 heteroatoms. The number of anilines is 2. The largest absolute Gasteiger partial charge is 0.367 e. The van der Waals surface area contributed by atoms with Gasteiger partial charge >= 0.3 is 0 Å². The van der Waals surface area contributed by atoms with Crippen molar-refractivity contribution in [1.82, 2.24) is 15.3 Å². The van der Waals surface area contributed by atoms with E-state index in [0.717, 1.165) is 49.6 Å². The summed E-state index contributed by atoms with van der Waals surface area (Å²) in [5.74, 6) is 2.71. The number of aromatic nitrogens is 2. The molecule has 29 heavy (non-hydrogen) atoms. The molecule has 1 aliphatic heterocycles. The molecule has 1 aromatic carbocycles. The Morgan fingerprint density at radius 2 is 1.86 bits per heavy atom. The third-order valence-electron chi connectivity index (χ3n) is 5.91. The van der Waals surface area contributed by atoms with Crippen LogP contribution in [0.1, 0.15) is 49.7 Å². The Bertz CT molecular complexity index is 810. The molecule has 1 amide bonds. The molecule has 0 radical (unpaired) electrons. The average molecular weight is 394 g/mol. The highest BCUT2D eigenvalue weighted by molar-refractivity contribution is 5.75. The molecule has 0 spiro atoms. The molecule has 1 saturated carbocycles. The van der Waals surface area contributed by atoms with Crippen LogP contribution in [0, 0.1) is 12.8 Å². The van der Waals surface area contributed by atoms with Crippen molar-refractivity contribution in [3.63, 3.8) is 0 Å². The van der Waals surface area contributed by atoms with Gasteiger partial charge in [0.05, 0.1) is 0 Å². The Hall–Kier alpha value is -2.63. The summed E-state index contributed by atoms with van der Waals surface area (Å²) in [4.78, 5) is 23.3. The topological polar surface area (TPSA) is 70.2 Å². The van der Waals surface area contributed by atoms with Crippen LogP contribution in [0.3, 0.4) is 0 Å². The molecule has 1 saturated heterocycles. The van der Waals surface area contributed by atoms with Gasteiger partial charge in [-0.3, -0.25) is 4.79 Å². The quantitative estimate of drug-likeness (QED) is 0.716. The second-order valence-corrected chi connectivity index (χ2v) is 8.41. The van der Waals surface area contributed by atoms with Gasteiger partial charge in [-0.2, -0.15) is 0 Å². The molecule has 0 atom stereocenters. The monoisotopic (exact) mass is 393 g/mol. The Morgan fingerprint density at radius 1 is 1.10 bits per heavy atom. The second-order valence-electron chi connectivity index (χ2n) is 8.41. The normalized spacial score (nSPS) is 17.2. The summed E-state index contributed by atoms with van der Waals surface area (Å²) < 4.78 is 0. The van der Waals surface area contributed by atoms with Crippen molar-refractivity contribution in [1.29, 1.82) is 0 Å². The van der Waals surface area contributed by atoms with E-state index in [-0.39, 0.29) is 5.91 Å². The van der Waals surface area contributed by atoms with Crippen LogP contribution in [-0.4, -0.2) is 35.0 Å². The van der Waals surface area contributed by atoms with Crippen molar-refractivity contribution in [2.75, 3.05) is 23.3 Å². The number of rotatable bonds is 8. The maximum atomic E-state index is 12.2. The summed E-state index contributed by atoms with van der Waals surface area (Å²) in [5.41, 5.74) is 2.39. The SMILES string of the molecule is Cc1ccc(CNC(=O)CCC2CCN(c3cc(NC4CC4)ncn3)CC2)cc1. The van der Waals surface area contributed by atoms with Crippen molar-refractivity contribution >= 4 is 17.5 Å². The number of hydrogen-bond acceptors (Lipinski definition) is 5. The fourth-order valence-electron chi connectivity index (χ4n) is 3.82. The number of nitrogens with one attached hydrogen (secondary N) is 2. The predicted molar refractivity (Wildman–Crippen MR) is 116 cm³/mol. The van der Waals surface area contributed by atoms with Crippen LogP contribution in [0.2, 0.25) is 0 Å². The summed E-state index contributed by atoms with van der Waals surface area (Å²) >= 11 is 0. The van der Waals surface area contributed by atoms with E-state index in [4.69, 9.17) is 0 Å². The molecule has 6 nitrogen and oxygen atoms in total. The number of piperidine rings is 1. The van der Waals surface area contributed by atoms with Crippen LogP contribution in [0.25, 0.3) is 0 Å². The van der Waals surface area contributed by atoms with E-state index in [1.54, 1.807) is 6.33 Å². The summed E-state index contributed by atoms with van der Waals surface area (Å²) in [6.07, 6.45) is 7.93. The van der Waals surface area contributed by atoms with E-state index >= 15 is 0 Å². The molecule has 2 heterocycles. The fourth-order valence-corrected chi connectivity index (χ4v) is 3.82. The second kappa shape index (κ2) is 9.25. The number of benzene rings is 1. The van der Waals surface area contributed by atoms with Crippen LogP contribution < -0.4 is 15.5 Å². The average Bonchev–Trinajstić information content (AvgIpc) is 3.56. The fraction of sp³-hybridized carbons (Fsp3) is 0.522. The zero-order chi connectivity index (χ0) is 20.1. The first kappa shape index (κ1) is 19.7. The molecule has 2 N–H and O–H groups in total. The number of aryl methyl sites for hydroxylation is 1. The van der Waals surface area contributed by atoms with Gasteiger partial charge in [0.15, 0.2) is 0 Å². The molecule has 0 bridgehead atoms. The van der Waals surface area contributed by atoms with Crippen LogP contribution in [0.15, 0.2) is 36.7 Å². The molecule has 1 aliphatic carbocycles. The first-order valence-electron chi connectivity index (χ1n) is 10.8. The Labute approximate surface area is 173 Å². The predicted octanol–water partition coefficient (Wildman–Crippen LogP) is 3.67. The first-order chi connectivity index (χ1) is 14.2. The van der Waals surface area contributed by atoms with Crippen LogP contribution in [0.4, 0.5) is 11.6 Å². The third-order valence-corrected chi connectivity index (χ3v) is 5.91. The highest BCUT2D eigenvalue weighted by Gasteiger charge is 2.23. The van der Waals surface area contributed by atoms with E-state index < -0.39 is 0 Å². The van der Waals surface area contributed by atoms with Crippen molar-refractivity contribution < 1.29 is 4.79 Å². The van der Waals surface area contributed by atoms with Gasteiger partial charge in [0.1, 0.15) is 18.0 Å². The molecule has 2 fully saturated rings. The molecule has 2 aliphatic rings. The maximum Gasteiger partial charge on any atom is 0.220 e. The minimum absolute atomic E-state index is 0.152. The molecular weight excluding hydrogens is 362 g/mol. The number of carbonyl (C=O) groups excluding carboxylic acids is 1. The highest BCUT2D eigenvalue weighted by Crippen LogP contribution is 2.27. The van der Waals surface area contributed by atoms with Gasteiger partial charge in [-0.05, 0) is 50.5 Å². The number of hydrogen-bond donors (Lipinski definition) is 2. The summed E-state index contributed by atoms with van der Waals surface area (Å²) in [5, 5.41) is 6.49. The van der Waals surface area contributed by atoms with E-state index in [0.29, 0.717) is 24.9 Å². The van der Waals surface area contributed by atoms with Crippen molar-refractivity contribution in [2.24, 2.45) is 5.92 Å². The molecule has 154 valence electrons. The highest BCUT2D eigenvalue weighted by atomic mass is 16.1. The maximum absolute atomic E-state index is 12.2. The van der Waals surface area contributed by atoms with E-state index in [1.165, 1.54) is 18.4 Å². The first-order valence-corrected chi connectivity index (χ1v) is 10.8. The molecule has 0 unspecified atom stereocenters. The van der Waals surface area contributed by atoms with Crippen molar-refractivity contribution in [3.05, 3.63) is 47.8 Å². The van der Waals surface area contributed by atoms with Gasteiger partial charge in [0, 0.05) is 38.2 Å². The van der Waals surface area contributed by atoms with Gasteiger partial charge in [-0.25, -0.2) is 9.97 Å². The van der Waals surface area contributed by atoms with E-state index in [2.05, 4.69) is 62.8 Å². The van der Waals surface area contributed by atoms with Crippen molar-refractivity contribution in [2.45, 2.75) is 58.0 Å². The summed E-state index contributed by atoms with van der Waals surface area (Å²) in [7, 11) is 0. The summed E-state index contributed by atoms with van der Waals surface area (Å²) in [6.45, 7) is 4.68. The minimum atomic E-state index is 0.152. The molecule has 4 rings (SSSR count). The lowest BCUT2D eigenvalue weighted by Gasteiger charge is -2.32. The number of nitrogens with zero attached hydrogens (tertiary/aromatic N) is 3. The Kier molecular flexibility index (Phi) is 6.27. The lowest BCUT2D eigenvalue weighted by molar-refractivity contribution is -0.121. The number of carbonyl (C=O) groups is 1.